The van der Waals surface area contributed by atoms with Crippen LogP contribution in [-0.2, 0) is 4.79 Å². The van der Waals surface area contributed by atoms with Crippen molar-refractivity contribution in [1.82, 2.24) is 9.88 Å². The van der Waals surface area contributed by atoms with Crippen LogP contribution in [0.4, 0.5) is 0 Å². The summed E-state index contributed by atoms with van der Waals surface area (Å²) in [6.07, 6.45) is 1.77. The van der Waals surface area contributed by atoms with Gasteiger partial charge in [0.25, 0.3) is 5.91 Å². The largest absolute Gasteiger partial charge is 0.480 e. The van der Waals surface area contributed by atoms with Crippen LogP contribution in [0.3, 0.4) is 0 Å². The van der Waals surface area contributed by atoms with E-state index in [2.05, 4.69) is 4.98 Å². The van der Waals surface area contributed by atoms with E-state index in [-0.39, 0.29) is 5.91 Å². The Morgan fingerprint density at radius 3 is 3.00 bits per heavy atom. The van der Waals surface area contributed by atoms with E-state index in [9.17, 15) is 9.59 Å². The first-order valence-electron chi connectivity index (χ1n) is 5.86. The molecule has 98 valence electrons. The van der Waals surface area contributed by atoms with Crippen molar-refractivity contribution in [2.75, 3.05) is 11.6 Å². The normalized spacial score (nSPS) is 18.9. The quantitative estimate of drug-likeness (QED) is 0.876. The highest BCUT2D eigenvalue weighted by atomic mass is 32.2. The van der Waals surface area contributed by atoms with Crippen LogP contribution in [0.2, 0.25) is 0 Å². The number of H-pyrrole nitrogens is 1. The Kier molecular flexibility index (Phi) is 2.94. The van der Waals surface area contributed by atoms with Crippen LogP contribution in [0, 0.1) is 0 Å². The lowest BCUT2D eigenvalue weighted by Gasteiger charge is -2.20. The van der Waals surface area contributed by atoms with E-state index in [1.54, 1.807) is 12.3 Å². The van der Waals surface area contributed by atoms with Gasteiger partial charge in [0.1, 0.15) is 6.04 Å². The number of para-hydroxylation sites is 1. The predicted molar refractivity (Wildman–Crippen MR) is 73.2 cm³/mol. The lowest BCUT2D eigenvalue weighted by Crippen LogP contribution is -2.41. The second kappa shape index (κ2) is 4.62. The number of hydrogen-bond acceptors (Lipinski definition) is 3. The van der Waals surface area contributed by atoms with E-state index < -0.39 is 12.0 Å². The van der Waals surface area contributed by atoms with Gasteiger partial charge in [0.15, 0.2) is 0 Å². The molecule has 2 aromatic rings. The van der Waals surface area contributed by atoms with Gasteiger partial charge >= 0.3 is 5.97 Å². The lowest BCUT2D eigenvalue weighted by atomic mass is 10.1. The summed E-state index contributed by atoms with van der Waals surface area (Å²) in [5, 5.41) is 10.1. The molecule has 0 spiro atoms. The molecule has 1 aromatic heterocycles. The average Bonchev–Trinajstić information content (AvgIpc) is 3.05. The molecule has 3 rings (SSSR count). The van der Waals surface area contributed by atoms with Crippen molar-refractivity contribution in [2.24, 2.45) is 0 Å². The van der Waals surface area contributed by atoms with Crippen molar-refractivity contribution in [1.29, 1.82) is 0 Å². The molecule has 2 heterocycles. The maximum atomic E-state index is 12.5. The topological polar surface area (TPSA) is 73.4 Å². The number of carboxylic acid groups (broad SMARTS) is 1. The lowest BCUT2D eigenvalue weighted by molar-refractivity contribution is -0.140. The van der Waals surface area contributed by atoms with Crippen LogP contribution in [0.1, 0.15) is 10.4 Å². The standard InChI is InChI=1S/C13H12N2O3S/c16-12(15-7-19-6-10(15)13(17)18)9-3-1-2-8-4-5-14-11(8)9/h1-5,10,14H,6-7H2,(H,17,18). The number of nitrogens with zero attached hydrogens (tertiary/aromatic N) is 1. The van der Waals surface area contributed by atoms with Gasteiger partial charge in [-0.2, -0.15) is 0 Å². The van der Waals surface area contributed by atoms with E-state index in [1.165, 1.54) is 16.7 Å². The smallest absolute Gasteiger partial charge is 0.327 e. The summed E-state index contributed by atoms with van der Waals surface area (Å²) in [5.74, 6) is -0.309. The summed E-state index contributed by atoms with van der Waals surface area (Å²) < 4.78 is 0. The first-order valence-corrected chi connectivity index (χ1v) is 7.01. The summed E-state index contributed by atoms with van der Waals surface area (Å²) >= 11 is 1.46. The zero-order valence-corrected chi connectivity index (χ0v) is 10.8. The Bertz CT molecular complexity index is 652. The van der Waals surface area contributed by atoms with E-state index in [0.29, 0.717) is 17.2 Å². The Hall–Kier alpha value is -1.95. The Morgan fingerprint density at radius 1 is 1.37 bits per heavy atom. The Balaban J connectivity index is 2.00. The number of benzene rings is 1. The van der Waals surface area contributed by atoms with Crippen LogP contribution in [-0.4, -0.2) is 44.5 Å². The van der Waals surface area contributed by atoms with Crippen LogP contribution in [0.15, 0.2) is 30.5 Å². The van der Waals surface area contributed by atoms with Gasteiger partial charge in [-0.3, -0.25) is 4.79 Å². The van der Waals surface area contributed by atoms with Gasteiger partial charge in [-0.05, 0) is 12.1 Å². The highest BCUT2D eigenvalue weighted by Crippen LogP contribution is 2.26. The predicted octanol–water partition coefficient (Wildman–Crippen LogP) is 1.77. The zero-order valence-electron chi connectivity index (χ0n) is 10.00. The van der Waals surface area contributed by atoms with Crippen molar-refractivity contribution >= 4 is 34.5 Å². The van der Waals surface area contributed by atoms with Crippen molar-refractivity contribution in [2.45, 2.75) is 6.04 Å². The van der Waals surface area contributed by atoms with Crippen LogP contribution in [0.25, 0.3) is 10.9 Å². The highest BCUT2D eigenvalue weighted by molar-refractivity contribution is 7.99. The number of rotatable bonds is 2. The van der Waals surface area contributed by atoms with E-state index >= 15 is 0 Å². The fraction of sp³-hybridized carbons (Fsp3) is 0.231. The summed E-state index contributed by atoms with van der Waals surface area (Å²) in [4.78, 5) is 28.1. The van der Waals surface area contributed by atoms with Crippen LogP contribution < -0.4 is 0 Å². The molecule has 1 atom stereocenters. The molecule has 1 unspecified atom stereocenters. The second-order valence-corrected chi connectivity index (χ2v) is 5.38. The molecule has 2 N–H and O–H groups in total. The third kappa shape index (κ3) is 1.98. The fourth-order valence-electron chi connectivity index (χ4n) is 2.27. The van der Waals surface area contributed by atoms with E-state index in [0.717, 1.165) is 10.9 Å². The number of carboxylic acids is 1. The molecule has 5 nitrogen and oxygen atoms in total. The van der Waals surface area contributed by atoms with Gasteiger partial charge in [-0.25, -0.2) is 4.79 Å². The first kappa shape index (κ1) is 12.1. The summed E-state index contributed by atoms with van der Waals surface area (Å²) in [5.41, 5.74) is 1.28. The molecule has 1 aliphatic heterocycles. The number of nitrogens with one attached hydrogen (secondary N) is 1. The molecule has 1 aliphatic rings. The SMILES string of the molecule is O=C(O)C1CSCN1C(=O)c1cccc2cc[nH]c12. The van der Waals surface area contributed by atoms with Crippen LogP contribution >= 0.6 is 11.8 Å². The number of aromatic amines is 1. The fourth-order valence-corrected chi connectivity index (χ4v) is 3.41. The molecule has 1 fully saturated rings. The number of amides is 1. The molecule has 19 heavy (non-hydrogen) atoms. The monoisotopic (exact) mass is 276 g/mol. The minimum atomic E-state index is -0.947. The molecule has 1 aromatic carbocycles. The van der Waals surface area contributed by atoms with Crippen molar-refractivity contribution < 1.29 is 14.7 Å². The van der Waals surface area contributed by atoms with E-state index in [4.69, 9.17) is 5.11 Å². The van der Waals surface area contributed by atoms with Gasteiger partial charge in [0, 0.05) is 17.3 Å². The Morgan fingerprint density at radius 2 is 2.21 bits per heavy atom. The van der Waals surface area contributed by atoms with Gasteiger partial charge < -0.3 is 15.0 Å². The summed E-state index contributed by atoms with van der Waals surface area (Å²) in [6.45, 7) is 0. The maximum Gasteiger partial charge on any atom is 0.327 e. The molecular formula is C13H12N2O3S. The summed E-state index contributed by atoms with van der Waals surface area (Å²) in [6, 6.07) is 6.60. The number of carbonyl (C=O) groups is 2. The number of fused-ring (bicyclic) bond motifs is 1. The Labute approximate surface area is 113 Å². The molecule has 6 heteroatoms. The molecule has 1 amide bonds. The molecule has 0 aliphatic carbocycles. The highest BCUT2D eigenvalue weighted by Gasteiger charge is 2.35. The maximum absolute atomic E-state index is 12.5. The third-order valence-corrected chi connectivity index (χ3v) is 4.26. The van der Waals surface area contributed by atoms with Gasteiger partial charge in [0.05, 0.1) is 17.0 Å². The van der Waals surface area contributed by atoms with Crippen molar-refractivity contribution in [3.05, 3.63) is 36.0 Å². The molecular weight excluding hydrogens is 264 g/mol. The number of hydrogen-bond donors (Lipinski definition) is 2. The second-order valence-electron chi connectivity index (χ2n) is 4.38. The van der Waals surface area contributed by atoms with Gasteiger partial charge in [-0.15, -0.1) is 11.8 Å². The molecule has 0 saturated carbocycles. The zero-order chi connectivity index (χ0) is 13.4. The average molecular weight is 276 g/mol. The minimum absolute atomic E-state index is 0.231. The number of aromatic nitrogens is 1. The third-order valence-electron chi connectivity index (χ3n) is 3.25. The summed E-state index contributed by atoms with van der Waals surface area (Å²) in [7, 11) is 0. The number of thioether (sulfide) groups is 1. The van der Waals surface area contributed by atoms with Crippen LogP contribution in [0.5, 0.6) is 0 Å². The van der Waals surface area contributed by atoms with Gasteiger partial charge in [-0.1, -0.05) is 12.1 Å². The first-order chi connectivity index (χ1) is 9.18. The van der Waals surface area contributed by atoms with Crippen molar-refractivity contribution in [3.63, 3.8) is 0 Å². The van der Waals surface area contributed by atoms with Crippen molar-refractivity contribution in [3.8, 4) is 0 Å². The molecule has 1 saturated heterocycles. The molecule has 0 radical (unpaired) electrons. The number of carbonyl (C=O) groups excluding carboxylic acids is 1. The molecule has 0 bridgehead atoms. The van der Waals surface area contributed by atoms with E-state index in [1.807, 2.05) is 18.2 Å². The number of aliphatic carboxylic acids is 1. The minimum Gasteiger partial charge on any atom is -0.480 e. The van der Waals surface area contributed by atoms with Gasteiger partial charge in [0.2, 0.25) is 0 Å².